The van der Waals surface area contributed by atoms with E-state index >= 15 is 0 Å². The highest BCUT2D eigenvalue weighted by atomic mass is 35.5. The normalized spacial score (nSPS) is 21.7. The van der Waals surface area contributed by atoms with Crippen LogP contribution in [0.15, 0.2) is 47.4 Å². The van der Waals surface area contributed by atoms with E-state index in [0.29, 0.717) is 29.8 Å². The lowest BCUT2D eigenvalue weighted by Crippen LogP contribution is -2.58. The number of hydrogen-bond donors (Lipinski definition) is 2. The molecule has 2 aliphatic rings. The Bertz CT molecular complexity index is 1450. The Morgan fingerprint density at radius 2 is 1.84 bits per heavy atom. The van der Waals surface area contributed by atoms with E-state index in [1.54, 1.807) is 0 Å². The summed E-state index contributed by atoms with van der Waals surface area (Å²) in [6.45, 7) is 5.58. The van der Waals surface area contributed by atoms with Gasteiger partial charge in [-0.15, -0.1) is 0 Å². The minimum atomic E-state index is -3.81. The fourth-order valence-electron chi connectivity index (χ4n) is 4.77. The first-order valence-electron chi connectivity index (χ1n) is 12.1. The Morgan fingerprint density at radius 1 is 1.05 bits per heavy atom. The standard InChI is InChI=1S/C25H28Cl2N6O3S/c1-15(2)23-25(34)28-12-16-13-33(37(35,36)17-7-8-19(26)20(27)11-17)10-9-32(16)14-22-29-21-6-4-3-5-18(21)24(30-22)31-23/h3-8,11,15-16,23H,9-10,12-14H2,1-2H3,(H,28,34)(H,29,30,31)/t16?,23-/m0/s1. The van der Waals surface area contributed by atoms with E-state index in [-0.39, 0.29) is 47.4 Å². The summed E-state index contributed by atoms with van der Waals surface area (Å²) < 4.78 is 28.3. The zero-order valence-electron chi connectivity index (χ0n) is 20.5. The third-order valence-electron chi connectivity index (χ3n) is 6.84. The number of halogens is 2. The molecule has 37 heavy (non-hydrogen) atoms. The Balaban J connectivity index is 1.48. The van der Waals surface area contributed by atoms with Crippen molar-refractivity contribution < 1.29 is 13.2 Å². The Labute approximate surface area is 226 Å². The number of para-hydroxylation sites is 1. The first-order chi connectivity index (χ1) is 17.6. The van der Waals surface area contributed by atoms with Gasteiger partial charge < -0.3 is 10.6 Å². The number of nitrogens with zero attached hydrogens (tertiary/aromatic N) is 4. The van der Waals surface area contributed by atoms with E-state index in [1.165, 1.54) is 22.5 Å². The van der Waals surface area contributed by atoms with Crippen LogP contribution >= 0.6 is 23.2 Å². The number of benzene rings is 2. The highest BCUT2D eigenvalue weighted by Gasteiger charge is 2.36. The molecule has 2 N–H and O–H groups in total. The maximum Gasteiger partial charge on any atom is 0.243 e. The van der Waals surface area contributed by atoms with E-state index < -0.39 is 16.1 Å². The van der Waals surface area contributed by atoms with Crippen LogP contribution in [0, 0.1) is 5.92 Å². The van der Waals surface area contributed by atoms with Gasteiger partial charge in [0.25, 0.3) is 0 Å². The van der Waals surface area contributed by atoms with Crippen LogP contribution in [-0.4, -0.2) is 71.8 Å². The summed E-state index contributed by atoms with van der Waals surface area (Å²) in [7, 11) is -3.81. The Morgan fingerprint density at radius 3 is 2.59 bits per heavy atom. The summed E-state index contributed by atoms with van der Waals surface area (Å²) >= 11 is 12.1. The molecule has 0 spiro atoms. The summed E-state index contributed by atoms with van der Waals surface area (Å²) in [6.07, 6.45) is 0. The fraction of sp³-hybridized carbons (Fsp3) is 0.400. The maximum absolute atomic E-state index is 13.4. The Kier molecular flexibility index (Phi) is 7.30. The van der Waals surface area contributed by atoms with Crippen LogP contribution in [0.2, 0.25) is 10.0 Å². The second kappa shape index (κ2) is 10.3. The van der Waals surface area contributed by atoms with Crippen molar-refractivity contribution in [2.24, 2.45) is 5.92 Å². The average molecular weight is 564 g/mol. The lowest BCUT2D eigenvalue weighted by Gasteiger charge is -2.40. The molecule has 2 atom stereocenters. The van der Waals surface area contributed by atoms with E-state index in [0.717, 1.165) is 10.9 Å². The zero-order chi connectivity index (χ0) is 26.3. The molecule has 0 radical (unpaired) electrons. The van der Waals surface area contributed by atoms with Crippen molar-refractivity contribution >= 4 is 55.9 Å². The molecule has 2 aliphatic heterocycles. The number of aromatic nitrogens is 2. The van der Waals surface area contributed by atoms with E-state index in [9.17, 15) is 13.2 Å². The molecule has 12 heteroatoms. The number of hydrogen-bond acceptors (Lipinski definition) is 7. The van der Waals surface area contributed by atoms with Crippen molar-refractivity contribution in [1.82, 2.24) is 24.5 Å². The molecule has 0 saturated carbocycles. The molecular weight excluding hydrogens is 535 g/mol. The largest absolute Gasteiger partial charge is 0.358 e. The predicted octanol–water partition coefficient (Wildman–Crippen LogP) is 3.38. The SMILES string of the molecule is CC(C)[C@@H]1Nc2nc(nc3ccccc23)CN2CCN(S(=O)(=O)c3ccc(Cl)c(Cl)c3)CC2CNC1=O. The number of anilines is 1. The van der Waals surface area contributed by atoms with E-state index in [2.05, 4.69) is 15.5 Å². The molecule has 9 nitrogen and oxygen atoms in total. The topological polar surface area (TPSA) is 108 Å². The molecule has 1 unspecified atom stereocenters. The van der Waals surface area contributed by atoms with Gasteiger partial charge in [0, 0.05) is 37.6 Å². The Hall–Kier alpha value is -2.50. The second-order valence-corrected chi connectivity index (χ2v) is 12.4. The van der Waals surface area contributed by atoms with Gasteiger partial charge in [-0.25, -0.2) is 18.4 Å². The maximum atomic E-state index is 13.4. The van der Waals surface area contributed by atoms with Crippen LogP contribution in [-0.2, 0) is 21.4 Å². The van der Waals surface area contributed by atoms with Crippen molar-refractivity contribution in [3.63, 3.8) is 0 Å². The second-order valence-electron chi connectivity index (χ2n) is 9.68. The number of carbonyl (C=O) groups is 1. The molecular formula is C25H28Cl2N6O3S. The number of rotatable bonds is 3. The van der Waals surface area contributed by atoms with Gasteiger partial charge in [-0.3, -0.25) is 9.69 Å². The molecule has 1 amide bonds. The van der Waals surface area contributed by atoms with Gasteiger partial charge >= 0.3 is 0 Å². The van der Waals surface area contributed by atoms with Crippen LogP contribution in [0.4, 0.5) is 5.82 Å². The van der Waals surface area contributed by atoms with Gasteiger partial charge in [0.2, 0.25) is 15.9 Å². The molecule has 2 bridgehead atoms. The molecule has 3 aromatic rings. The van der Waals surface area contributed by atoms with E-state index in [1.807, 2.05) is 38.1 Å². The summed E-state index contributed by atoms with van der Waals surface area (Å²) in [5, 5.41) is 7.71. The highest BCUT2D eigenvalue weighted by Crippen LogP contribution is 2.29. The van der Waals surface area contributed by atoms with Crippen molar-refractivity contribution in [3.05, 3.63) is 58.3 Å². The van der Waals surface area contributed by atoms with Gasteiger partial charge in [0.05, 0.1) is 27.0 Å². The summed E-state index contributed by atoms with van der Waals surface area (Å²) in [5.41, 5.74) is 0.787. The smallest absolute Gasteiger partial charge is 0.243 e. The lowest BCUT2D eigenvalue weighted by molar-refractivity contribution is -0.123. The number of sulfonamides is 1. The number of piperazine rings is 1. The first-order valence-corrected chi connectivity index (χ1v) is 14.3. The van der Waals surface area contributed by atoms with Crippen molar-refractivity contribution in [2.75, 3.05) is 31.5 Å². The van der Waals surface area contributed by atoms with Gasteiger partial charge in [0.15, 0.2) is 0 Å². The number of fused-ring (bicyclic) bond motifs is 5. The predicted molar refractivity (Wildman–Crippen MR) is 144 cm³/mol. The zero-order valence-corrected chi connectivity index (χ0v) is 22.8. The van der Waals surface area contributed by atoms with Crippen molar-refractivity contribution in [1.29, 1.82) is 0 Å². The molecule has 196 valence electrons. The fourth-order valence-corrected chi connectivity index (χ4v) is 6.63. The lowest BCUT2D eigenvalue weighted by atomic mass is 10.0. The van der Waals surface area contributed by atoms with E-state index in [4.69, 9.17) is 33.2 Å². The third-order valence-corrected chi connectivity index (χ3v) is 9.44. The number of carbonyl (C=O) groups excluding carboxylic acids is 1. The minimum Gasteiger partial charge on any atom is -0.358 e. The summed E-state index contributed by atoms with van der Waals surface area (Å²) in [5.74, 6) is 1.06. The minimum absolute atomic E-state index is 0.00748. The quantitative estimate of drug-likeness (QED) is 0.503. The summed E-state index contributed by atoms with van der Waals surface area (Å²) in [6, 6.07) is 11.2. The van der Waals surface area contributed by atoms with Crippen LogP contribution < -0.4 is 10.6 Å². The van der Waals surface area contributed by atoms with Crippen LogP contribution in [0.5, 0.6) is 0 Å². The van der Waals surface area contributed by atoms with Crippen LogP contribution in [0.1, 0.15) is 19.7 Å². The third kappa shape index (κ3) is 5.26. The van der Waals surface area contributed by atoms with Gasteiger partial charge in [-0.1, -0.05) is 49.2 Å². The molecule has 1 fully saturated rings. The molecule has 2 aromatic carbocycles. The average Bonchev–Trinajstić information content (AvgIpc) is 2.89. The number of nitrogens with one attached hydrogen (secondary N) is 2. The molecule has 1 aromatic heterocycles. The molecule has 1 saturated heterocycles. The van der Waals surface area contributed by atoms with Crippen LogP contribution in [0.25, 0.3) is 10.9 Å². The molecule has 5 rings (SSSR count). The first kappa shape index (κ1) is 26.1. The van der Waals surface area contributed by atoms with Crippen molar-refractivity contribution in [2.45, 2.75) is 37.4 Å². The number of amides is 1. The molecule has 0 aliphatic carbocycles. The monoisotopic (exact) mass is 562 g/mol. The van der Waals surface area contributed by atoms with Gasteiger partial charge in [-0.05, 0) is 36.2 Å². The van der Waals surface area contributed by atoms with Crippen LogP contribution in [0.3, 0.4) is 0 Å². The van der Waals surface area contributed by atoms with Gasteiger partial charge in [-0.2, -0.15) is 4.31 Å². The van der Waals surface area contributed by atoms with Gasteiger partial charge in [0.1, 0.15) is 17.7 Å². The molecule has 3 heterocycles. The summed E-state index contributed by atoms with van der Waals surface area (Å²) in [4.78, 5) is 25.0. The van der Waals surface area contributed by atoms with Crippen molar-refractivity contribution in [3.8, 4) is 0 Å². The highest BCUT2D eigenvalue weighted by molar-refractivity contribution is 7.89.